The van der Waals surface area contributed by atoms with Gasteiger partial charge in [-0.3, -0.25) is 14.2 Å². The number of esters is 1. The lowest BCUT2D eigenvalue weighted by Crippen LogP contribution is -2.55. The molecule has 0 spiro atoms. The normalized spacial score (nSPS) is 12.3. The van der Waals surface area contributed by atoms with Crippen LogP contribution in [0.15, 0.2) is 91.4 Å². The molecule has 0 saturated carbocycles. The van der Waals surface area contributed by atoms with Crippen molar-refractivity contribution in [3.05, 3.63) is 115 Å². The molecule has 2 heterocycles. The first-order chi connectivity index (χ1) is 21.1. The molecule has 1 unspecified atom stereocenters. The topological polar surface area (TPSA) is 158 Å². The number of carbonyl (C=O) groups is 3. The molecule has 226 valence electrons. The van der Waals surface area contributed by atoms with Crippen molar-refractivity contribution in [2.24, 2.45) is 11.5 Å². The molecule has 0 aliphatic heterocycles. The minimum Gasteiger partial charge on any atom is -0.464 e. The predicted octanol–water partition coefficient (Wildman–Crippen LogP) is 3.72. The van der Waals surface area contributed by atoms with Crippen LogP contribution in [-0.4, -0.2) is 50.5 Å². The smallest absolute Gasteiger partial charge is 0.334 e. The molecule has 10 nitrogen and oxygen atoms in total. The van der Waals surface area contributed by atoms with E-state index in [1.165, 1.54) is 6.33 Å². The third-order valence-electron chi connectivity index (χ3n) is 6.88. The number of nitrogens with one attached hydrogen (secondary N) is 2. The number of fused-ring (bicyclic) bond motifs is 1. The van der Waals surface area contributed by atoms with Crippen molar-refractivity contribution in [2.75, 3.05) is 6.61 Å². The molecule has 0 aliphatic carbocycles. The molecule has 44 heavy (non-hydrogen) atoms. The van der Waals surface area contributed by atoms with E-state index in [4.69, 9.17) is 16.2 Å². The van der Waals surface area contributed by atoms with Gasteiger partial charge in [0.1, 0.15) is 12.4 Å². The number of amides is 2. The van der Waals surface area contributed by atoms with Crippen molar-refractivity contribution in [1.29, 1.82) is 0 Å². The van der Waals surface area contributed by atoms with Gasteiger partial charge in [-0.05, 0) is 49.1 Å². The molecule has 0 radical (unpaired) electrons. The summed E-state index contributed by atoms with van der Waals surface area (Å²) in [6, 6.07) is 24.3. The van der Waals surface area contributed by atoms with E-state index in [1.54, 1.807) is 25.3 Å². The first kappa shape index (κ1) is 31.5. The van der Waals surface area contributed by atoms with Gasteiger partial charge in [0.25, 0.3) is 0 Å². The summed E-state index contributed by atoms with van der Waals surface area (Å²) >= 11 is 0. The monoisotopic (exact) mass is 592 g/mol. The molecule has 0 aliphatic rings. The molecule has 5 rings (SSSR count). The molecule has 0 bridgehead atoms. The average Bonchev–Trinajstić information content (AvgIpc) is 3.68. The van der Waals surface area contributed by atoms with Crippen LogP contribution in [0.3, 0.4) is 0 Å². The van der Waals surface area contributed by atoms with E-state index >= 15 is 0 Å². The van der Waals surface area contributed by atoms with Crippen molar-refractivity contribution >= 4 is 28.7 Å². The minimum atomic E-state index is -1.06. The molecular formula is C34H36N6O4. The van der Waals surface area contributed by atoms with Gasteiger partial charge in [0.15, 0.2) is 6.04 Å². The summed E-state index contributed by atoms with van der Waals surface area (Å²) in [4.78, 5) is 42.8. The van der Waals surface area contributed by atoms with Gasteiger partial charge >= 0.3 is 5.97 Å². The van der Waals surface area contributed by atoms with Gasteiger partial charge in [-0.15, -0.1) is 0 Å². The number of para-hydroxylation sites is 1. The van der Waals surface area contributed by atoms with E-state index in [1.807, 2.05) is 72.9 Å². The minimum absolute atomic E-state index is 0.321. The highest BCUT2D eigenvalue weighted by molar-refractivity contribution is 5.92. The number of ether oxygens (including phenoxy) is 1. The van der Waals surface area contributed by atoms with Crippen LogP contribution in [0.2, 0.25) is 0 Å². The van der Waals surface area contributed by atoms with Gasteiger partial charge < -0.3 is 26.5 Å². The SMILES string of the molecule is CC(C)(N)C(=O)N[C@H](Cc1c[nH]c2ccccc12)C(N)=O.CCOC(=O)C(c1ccc(-c2ccccc2)cc1)n1c#cnc1. The fourth-order valence-electron chi connectivity index (χ4n) is 4.55. The number of nitrogens with zero attached hydrogens (tertiary/aromatic N) is 2. The van der Waals surface area contributed by atoms with Crippen LogP contribution in [0.25, 0.3) is 22.0 Å². The number of hydrogen-bond donors (Lipinski definition) is 4. The number of aromatic amines is 1. The highest BCUT2D eigenvalue weighted by Gasteiger charge is 2.27. The predicted molar refractivity (Wildman–Crippen MR) is 168 cm³/mol. The van der Waals surface area contributed by atoms with E-state index < -0.39 is 29.4 Å². The number of aromatic nitrogens is 3. The van der Waals surface area contributed by atoms with Crippen molar-refractivity contribution < 1.29 is 19.1 Å². The van der Waals surface area contributed by atoms with Crippen LogP contribution < -0.4 is 16.8 Å². The van der Waals surface area contributed by atoms with E-state index in [0.29, 0.717) is 13.0 Å². The van der Waals surface area contributed by atoms with Crippen molar-refractivity contribution in [1.82, 2.24) is 19.9 Å². The lowest BCUT2D eigenvalue weighted by molar-refractivity contribution is -0.145. The third-order valence-corrected chi connectivity index (χ3v) is 6.88. The number of H-pyrrole nitrogens is 1. The maximum absolute atomic E-state index is 12.3. The lowest BCUT2D eigenvalue weighted by Gasteiger charge is -2.22. The summed E-state index contributed by atoms with van der Waals surface area (Å²) in [5.41, 5.74) is 15.0. The molecule has 2 atom stereocenters. The first-order valence-electron chi connectivity index (χ1n) is 14.2. The molecular weight excluding hydrogens is 556 g/mol. The van der Waals surface area contributed by atoms with E-state index in [9.17, 15) is 14.4 Å². The lowest BCUT2D eigenvalue weighted by atomic mass is 10.0. The zero-order valence-corrected chi connectivity index (χ0v) is 24.9. The first-order valence-corrected chi connectivity index (χ1v) is 14.2. The number of primary amides is 1. The quantitative estimate of drug-likeness (QED) is 0.181. The van der Waals surface area contributed by atoms with Gasteiger partial charge in [0.2, 0.25) is 11.8 Å². The van der Waals surface area contributed by atoms with Gasteiger partial charge in [-0.1, -0.05) is 72.8 Å². The molecule has 6 N–H and O–H groups in total. The Labute approximate surface area is 256 Å². The Balaban J connectivity index is 0.000000202. The van der Waals surface area contributed by atoms with Crippen LogP contribution in [0, 0.1) is 12.4 Å². The molecule has 10 heteroatoms. The summed E-state index contributed by atoms with van der Waals surface area (Å²) in [5, 5.41) is 3.61. The largest absolute Gasteiger partial charge is 0.464 e. The molecule has 0 saturated heterocycles. The Hall–Kier alpha value is -5.40. The van der Waals surface area contributed by atoms with Gasteiger partial charge in [-0.25, -0.2) is 4.79 Å². The summed E-state index contributed by atoms with van der Waals surface area (Å²) in [6.07, 6.45) is 9.06. The fraction of sp³-hybridized carbons (Fsp3) is 0.235. The summed E-state index contributed by atoms with van der Waals surface area (Å²) < 4.78 is 6.75. The van der Waals surface area contributed by atoms with Crippen LogP contribution in [0.4, 0.5) is 0 Å². The molecule has 2 aromatic heterocycles. The summed E-state index contributed by atoms with van der Waals surface area (Å²) in [6.45, 7) is 5.27. The zero-order valence-electron chi connectivity index (χ0n) is 24.9. The highest BCUT2D eigenvalue weighted by atomic mass is 16.5. The van der Waals surface area contributed by atoms with Crippen LogP contribution in [0.1, 0.15) is 37.9 Å². The van der Waals surface area contributed by atoms with Gasteiger partial charge in [0.05, 0.1) is 18.3 Å². The maximum Gasteiger partial charge on any atom is 0.334 e. The zero-order chi connectivity index (χ0) is 31.7. The maximum atomic E-state index is 12.3. The van der Waals surface area contributed by atoms with E-state index in [-0.39, 0.29) is 5.97 Å². The second-order valence-corrected chi connectivity index (χ2v) is 10.7. The number of hydrogen-bond acceptors (Lipinski definition) is 6. The van der Waals surface area contributed by atoms with E-state index in [0.717, 1.165) is 33.2 Å². The standard InChI is InChI=1S/C19H16N2O2.C15H20N4O2/c1-2-23-19(22)18(21-13-12-20-14-21)17-10-8-16(9-11-17)15-6-4-3-5-7-15;1-15(2,17)14(21)19-12(13(16)20)7-9-8-18-11-6-4-3-5-10(9)11/h3-11,14,18H,2H2,1H3;3-6,8,12,18H,7,17H2,1-2H3,(H2,16,20)(H,19,21)/t;12-/m.1/s1. The Bertz CT molecular complexity index is 1670. The number of nitrogens with two attached hydrogens (primary N) is 2. The average molecular weight is 593 g/mol. The third kappa shape index (κ3) is 7.91. The Morgan fingerprint density at radius 2 is 1.66 bits per heavy atom. The van der Waals surface area contributed by atoms with Crippen molar-refractivity contribution in [3.8, 4) is 11.1 Å². The number of rotatable bonds is 10. The Morgan fingerprint density at radius 3 is 2.27 bits per heavy atom. The highest BCUT2D eigenvalue weighted by Crippen LogP contribution is 2.24. The van der Waals surface area contributed by atoms with Crippen LogP contribution >= 0.6 is 0 Å². The Morgan fingerprint density at radius 1 is 1.00 bits per heavy atom. The van der Waals surface area contributed by atoms with Crippen LogP contribution in [-0.2, 0) is 25.5 Å². The molecule has 3 aromatic carbocycles. The van der Waals surface area contributed by atoms with Crippen LogP contribution in [0.5, 0.6) is 0 Å². The molecule has 2 amide bonds. The van der Waals surface area contributed by atoms with Gasteiger partial charge in [-0.2, -0.15) is 4.98 Å². The van der Waals surface area contributed by atoms with Gasteiger partial charge in [0, 0.05) is 29.7 Å². The van der Waals surface area contributed by atoms with Crippen molar-refractivity contribution in [3.63, 3.8) is 0 Å². The van der Waals surface area contributed by atoms with Crippen molar-refractivity contribution in [2.45, 2.75) is 44.8 Å². The number of carbonyl (C=O) groups excluding carboxylic acids is 3. The number of benzene rings is 3. The summed E-state index contributed by atoms with van der Waals surface area (Å²) in [7, 11) is 0. The van der Waals surface area contributed by atoms with E-state index in [2.05, 4.69) is 39.8 Å². The second-order valence-electron chi connectivity index (χ2n) is 10.7. The Kier molecular flexibility index (Phi) is 10.2. The molecule has 5 aromatic rings. The second kappa shape index (κ2) is 14.2. The fourth-order valence-corrected chi connectivity index (χ4v) is 4.55. The molecule has 0 fully saturated rings. The summed E-state index contributed by atoms with van der Waals surface area (Å²) in [5.74, 6) is -1.33.